The monoisotopic (exact) mass is 353 g/mol. The van der Waals surface area contributed by atoms with E-state index >= 15 is 0 Å². The normalized spacial score (nSPS) is 19.2. The molecule has 3 amide bonds. The molecule has 2 N–H and O–H groups in total. The maximum Gasteiger partial charge on any atom is 0.324 e. The van der Waals surface area contributed by atoms with Crippen molar-refractivity contribution in [3.05, 3.63) is 0 Å². The number of imide groups is 1. The quantitative estimate of drug-likeness (QED) is 0.296. The fraction of sp³-hybridized carbons (Fsp3) is 0.750. The van der Waals surface area contributed by atoms with Crippen molar-refractivity contribution in [3.8, 4) is 0 Å². The van der Waals surface area contributed by atoms with Gasteiger partial charge < -0.3 is 20.3 Å². The minimum Gasteiger partial charge on any atom is -0.466 e. The second-order valence-electron chi connectivity index (χ2n) is 5.95. The number of amides is 3. The first kappa shape index (κ1) is 19.0. The molecule has 0 aromatic rings. The van der Waals surface area contributed by atoms with E-state index < -0.39 is 0 Å². The van der Waals surface area contributed by atoms with Crippen LogP contribution < -0.4 is 10.6 Å². The standard InChI is InChI=1S/C16H27N5O4/c1-3-17-15(18-7-10-21-13(22)11-19-16(21)24)20-8-5-12(6-9-20)14(23)25-4-2/h12H,3-11H2,1-2H3,(H,17,18)(H,19,24). The van der Waals surface area contributed by atoms with Gasteiger partial charge in [-0.2, -0.15) is 0 Å². The molecule has 2 aliphatic heterocycles. The highest BCUT2D eigenvalue weighted by Crippen LogP contribution is 2.18. The average molecular weight is 353 g/mol. The zero-order valence-corrected chi connectivity index (χ0v) is 14.9. The van der Waals surface area contributed by atoms with E-state index in [0.29, 0.717) is 13.2 Å². The van der Waals surface area contributed by atoms with Crippen molar-refractivity contribution in [3.63, 3.8) is 0 Å². The summed E-state index contributed by atoms with van der Waals surface area (Å²) in [6.07, 6.45) is 1.46. The van der Waals surface area contributed by atoms with Crippen LogP contribution in [0.1, 0.15) is 26.7 Å². The van der Waals surface area contributed by atoms with E-state index in [1.165, 1.54) is 4.90 Å². The molecule has 9 nitrogen and oxygen atoms in total. The first-order chi connectivity index (χ1) is 12.1. The Balaban J connectivity index is 1.86. The number of hydrogen-bond acceptors (Lipinski definition) is 5. The van der Waals surface area contributed by atoms with Crippen LogP contribution in [0, 0.1) is 5.92 Å². The number of ether oxygens (including phenoxy) is 1. The Morgan fingerprint density at radius 3 is 2.60 bits per heavy atom. The lowest BCUT2D eigenvalue weighted by Gasteiger charge is -2.33. The lowest BCUT2D eigenvalue weighted by atomic mass is 9.97. The molecule has 0 unspecified atom stereocenters. The Labute approximate surface area is 147 Å². The van der Waals surface area contributed by atoms with Gasteiger partial charge in [0.05, 0.1) is 32.2 Å². The lowest BCUT2D eigenvalue weighted by Crippen LogP contribution is -2.47. The molecule has 0 bridgehead atoms. The Hall–Kier alpha value is -2.32. The highest BCUT2D eigenvalue weighted by Gasteiger charge is 2.29. The third kappa shape index (κ3) is 5.07. The molecule has 0 aliphatic carbocycles. The van der Waals surface area contributed by atoms with Crippen molar-refractivity contribution in [2.24, 2.45) is 10.9 Å². The fourth-order valence-electron chi connectivity index (χ4n) is 2.95. The number of esters is 1. The first-order valence-corrected chi connectivity index (χ1v) is 8.84. The fourth-order valence-corrected chi connectivity index (χ4v) is 2.95. The molecule has 2 heterocycles. The summed E-state index contributed by atoms with van der Waals surface area (Å²) in [5, 5.41) is 5.72. The molecule has 9 heteroatoms. The second-order valence-corrected chi connectivity index (χ2v) is 5.95. The van der Waals surface area contributed by atoms with Crippen LogP contribution in [0.15, 0.2) is 4.99 Å². The van der Waals surface area contributed by atoms with Crippen molar-refractivity contribution < 1.29 is 19.1 Å². The number of likely N-dealkylation sites (tertiary alicyclic amines) is 1. The minimum absolute atomic E-state index is 0.0509. The number of hydrogen-bond donors (Lipinski definition) is 2. The first-order valence-electron chi connectivity index (χ1n) is 8.84. The number of nitrogens with one attached hydrogen (secondary N) is 2. The van der Waals surface area contributed by atoms with Gasteiger partial charge in [0.1, 0.15) is 0 Å². The molecule has 140 valence electrons. The van der Waals surface area contributed by atoms with E-state index in [9.17, 15) is 14.4 Å². The Morgan fingerprint density at radius 2 is 2.04 bits per heavy atom. The van der Waals surface area contributed by atoms with Crippen LogP contribution in [-0.2, 0) is 14.3 Å². The van der Waals surface area contributed by atoms with Crippen LogP contribution in [0.4, 0.5) is 4.79 Å². The third-order valence-electron chi connectivity index (χ3n) is 4.27. The van der Waals surface area contributed by atoms with E-state index in [0.717, 1.165) is 38.4 Å². The molecule has 0 radical (unpaired) electrons. The predicted octanol–water partition coefficient (Wildman–Crippen LogP) is -0.221. The molecule has 0 saturated carbocycles. The van der Waals surface area contributed by atoms with Gasteiger partial charge in [-0.1, -0.05) is 0 Å². The number of rotatable bonds is 6. The molecule has 2 rings (SSSR count). The number of carbonyl (C=O) groups excluding carboxylic acids is 3. The van der Waals surface area contributed by atoms with Crippen molar-refractivity contribution in [1.82, 2.24) is 20.4 Å². The second kappa shape index (κ2) is 9.24. The Kier molecular flexibility index (Phi) is 7.03. The highest BCUT2D eigenvalue weighted by atomic mass is 16.5. The van der Waals surface area contributed by atoms with Gasteiger partial charge in [-0.3, -0.25) is 19.5 Å². The molecule has 0 aromatic heterocycles. The van der Waals surface area contributed by atoms with E-state index in [2.05, 4.69) is 20.5 Å². The number of aliphatic imine (C=N–C) groups is 1. The zero-order valence-electron chi connectivity index (χ0n) is 14.9. The summed E-state index contributed by atoms with van der Waals surface area (Å²) in [5.74, 6) is 0.352. The van der Waals surface area contributed by atoms with E-state index in [4.69, 9.17) is 4.74 Å². The average Bonchev–Trinajstić information content (AvgIpc) is 2.93. The summed E-state index contributed by atoms with van der Waals surface area (Å²) in [4.78, 5) is 42.7. The summed E-state index contributed by atoms with van der Waals surface area (Å²) in [6, 6.07) is -0.361. The smallest absolute Gasteiger partial charge is 0.324 e. The number of nitrogens with zero attached hydrogens (tertiary/aromatic N) is 3. The van der Waals surface area contributed by atoms with Crippen LogP contribution in [0.3, 0.4) is 0 Å². The maximum atomic E-state index is 11.8. The molecular formula is C16H27N5O4. The van der Waals surface area contributed by atoms with Crippen LogP contribution >= 0.6 is 0 Å². The summed E-state index contributed by atoms with van der Waals surface area (Å²) in [5.41, 5.74) is 0. The summed E-state index contributed by atoms with van der Waals surface area (Å²) in [6.45, 7) is 7.04. The van der Waals surface area contributed by atoms with E-state index in [1.807, 2.05) is 13.8 Å². The van der Waals surface area contributed by atoms with Gasteiger partial charge >= 0.3 is 12.0 Å². The minimum atomic E-state index is -0.361. The van der Waals surface area contributed by atoms with Crippen molar-refractivity contribution in [2.45, 2.75) is 26.7 Å². The summed E-state index contributed by atoms with van der Waals surface area (Å²) >= 11 is 0. The van der Waals surface area contributed by atoms with Gasteiger partial charge in [-0.05, 0) is 26.7 Å². The number of piperidine rings is 1. The molecule has 2 aliphatic rings. The van der Waals surface area contributed by atoms with Gasteiger partial charge in [-0.15, -0.1) is 0 Å². The molecular weight excluding hydrogens is 326 g/mol. The van der Waals surface area contributed by atoms with Crippen LogP contribution in [0.2, 0.25) is 0 Å². The zero-order chi connectivity index (χ0) is 18.2. The maximum absolute atomic E-state index is 11.8. The van der Waals surface area contributed by atoms with Crippen molar-refractivity contribution in [1.29, 1.82) is 0 Å². The SMILES string of the molecule is CCNC(=NCCN1C(=O)CNC1=O)N1CCC(C(=O)OCC)CC1. The lowest BCUT2D eigenvalue weighted by molar-refractivity contribution is -0.149. The molecule has 0 atom stereocenters. The van der Waals surface area contributed by atoms with Crippen LogP contribution in [0.5, 0.6) is 0 Å². The Bertz CT molecular complexity index is 513. The van der Waals surface area contributed by atoms with Gasteiger partial charge in [0.2, 0.25) is 5.91 Å². The molecule has 0 aromatic carbocycles. The van der Waals surface area contributed by atoms with Crippen LogP contribution in [-0.4, -0.2) is 79.5 Å². The predicted molar refractivity (Wildman–Crippen MR) is 92.0 cm³/mol. The third-order valence-corrected chi connectivity index (χ3v) is 4.27. The summed E-state index contributed by atoms with van der Waals surface area (Å²) in [7, 11) is 0. The van der Waals surface area contributed by atoms with Gasteiger partial charge in [-0.25, -0.2) is 4.79 Å². The Morgan fingerprint density at radius 1 is 1.32 bits per heavy atom. The molecule has 2 saturated heterocycles. The van der Waals surface area contributed by atoms with E-state index in [-0.39, 0.29) is 36.9 Å². The topological polar surface area (TPSA) is 103 Å². The highest BCUT2D eigenvalue weighted by molar-refractivity contribution is 6.01. The number of urea groups is 1. The largest absolute Gasteiger partial charge is 0.466 e. The van der Waals surface area contributed by atoms with Gasteiger partial charge in [0, 0.05) is 19.6 Å². The van der Waals surface area contributed by atoms with Crippen LogP contribution in [0.25, 0.3) is 0 Å². The number of carbonyl (C=O) groups is 3. The van der Waals surface area contributed by atoms with Gasteiger partial charge in [0.15, 0.2) is 5.96 Å². The summed E-state index contributed by atoms with van der Waals surface area (Å²) < 4.78 is 5.09. The molecule has 0 spiro atoms. The van der Waals surface area contributed by atoms with E-state index in [1.54, 1.807) is 0 Å². The number of guanidine groups is 1. The van der Waals surface area contributed by atoms with Crippen molar-refractivity contribution >= 4 is 23.9 Å². The molecule has 25 heavy (non-hydrogen) atoms. The molecule has 2 fully saturated rings. The van der Waals surface area contributed by atoms with Gasteiger partial charge in [0.25, 0.3) is 0 Å². The van der Waals surface area contributed by atoms with Crippen molar-refractivity contribution in [2.75, 3.05) is 45.9 Å².